The number of ether oxygens (including phenoxy) is 1. The largest absolute Gasteiger partial charge is 0.444 e. The van der Waals surface area contributed by atoms with Gasteiger partial charge in [0.05, 0.1) is 5.69 Å². The van der Waals surface area contributed by atoms with Gasteiger partial charge in [0.2, 0.25) is 0 Å². The fraction of sp³-hybridized carbons (Fsp3) is 0.667. The average Bonchev–Trinajstić information content (AvgIpc) is 2.57. The Bertz CT molecular complexity index is 473. The number of anilines is 1. The summed E-state index contributed by atoms with van der Waals surface area (Å²) in [7, 11) is 0. The quantitative estimate of drug-likeness (QED) is 0.804. The molecule has 0 spiro atoms. The zero-order chi connectivity index (χ0) is 14.2. The van der Waals surface area contributed by atoms with E-state index in [9.17, 15) is 4.79 Å². The Morgan fingerprint density at radius 1 is 1.42 bits per heavy atom. The van der Waals surface area contributed by atoms with Gasteiger partial charge in [0.15, 0.2) is 0 Å². The van der Waals surface area contributed by atoms with Crippen molar-refractivity contribution in [3.05, 3.63) is 15.8 Å². The lowest BCUT2D eigenvalue weighted by Gasteiger charge is -2.26. The Labute approximate surface area is 119 Å². The van der Waals surface area contributed by atoms with Crippen LogP contribution in [0.4, 0.5) is 10.5 Å². The molecule has 106 valence electrons. The van der Waals surface area contributed by atoms with Crippen molar-refractivity contribution in [3.63, 3.8) is 0 Å². The van der Waals surface area contributed by atoms with Crippen molar-refractivity contribution in [2.45, 2.75) is 59.0 Å². The SMILES string of the molecule is CC1Cc2scc(NC(=O)OC(C)(C)C)c2C(C)C1. The minimum Gasteiger partial charge on any atom is -0.444 e. The lowest BCUT2D eigenvalue weighted by molar-refractivity contribution is 0.0636. The Morgan fingerprint density at radius 3 is 2.74 bits per heavy atom. The van der Waals surface area contributed by atoms with Gasteiger partial charge in [0.25, 0.3) is 0 Å². The second-order valence-corrected chi connectivity index (χ2v) is 7.52. The van der Waals surface area contributed by atoms with Gasteiger partial charge in [0, 0.05) is 10.3 Å². The lowest BCUT2D eigenvalue weighted by Crippen LogP contribution is -2.27. The highest BCUT2D eigenvalue weighted by Crippen LogP contribution is 2.42. The number of amides is 1. The van der Waals surface area contributed by atoms with Crippen LogP contribution in [0.1, 0.15) is 57.4 Å². The minimum atomic E-state index is -0.458. The summed E-state index contributed by atoms with van der Waals surface area (Å²) < 4.78 is 5.31. The third-order valence-electron chi connectivity index (χ3n) is 3.33. The molecule has 1 amide bonds. The normalized spacial score (nSPS) is 22.8. The first-order valence-corrected chi connectivity index (χ1v) is 7.74. The van der Waals surface area contributed by atoms with E-state index in [2.05, 4.69) is 19.2 Å². The highest BCUT2D eigenvalue weighted by Gasteiger charge is 2.27. The molecule has 0 radical (unpaired) electrons. The van der Waals surface area contributed by atoms with Crippen molar-refractivity contribution in [2.75, 3.05) is 5.32 Å². The van der Waals surface area contributed by atoms with E-state index in [-0.39, 0.29) is 6.09 Å². The molecular weight excluding hydrogens is 258 g/mol. The van der Waals surface area contributed by atoms with E-state index < -0.39 is 5.60 Å². The summed E-state index contributed by atoms with van der Waals surface area (Å²) in [5, 5.41) is 4.95. The van der Waals surface area contributed by atoms with Gasteiger partial charge in [-0.15, -0.1) is 11.3 Å². The number of rotatable bonds is 1. The van der Waals surface area contributed by atoms with E-state index in [0.717, 1.165) is 18.0 Å². The van der Waals surface area contributed by atoms with Crippen molar-refractivity contribution in [2.24, 2.45) is 5.92 Å². The number of carbonyl (C=O) groups excluding carboxylic acids is 1. The van der Waals surface area contributed by atoms with Crippen LogP contribution in [0.15, 0.2) is 5.38 Å². The molecule has 4 heteroatoms. The first-order valence-electron chi connectivity index (χ1n) is 6.86. The molecule has 0 saturated heterocycles. The van der Waals surface area contributed by atoms with Gasteiger partial charge >= 0.3 is 6.09 Å². The molecular formula is C15H23NO2S. The molecule has 2 atom stereocenters. The van der Waals surface area contributed by atoms with Gasteiger partial charge < -0.3 is 4.74 Å². The summed E-state index contributed by atoms with van der Waals surface area (Å²) in [4.78, 5) is 13.3. The summed E-state index contributed by atoms with van der Waals surface area (Å²) in [6.45, 7) is 10.2. The fourth-order valence-electron chi connectivity index (χ4n) is 2.74. The van der Waals surface area contributed by atoms with Crippen LogP contribution in [0.3, 0.4) is 0 Å². The molecule has 3 nitrogen and oxygen atoms in total. The van der Waals surface area contributed by atoms with Gasteiger partial charge in [-0.1, -0.05) is 13.8 Å². The van der Waals surface area contributed by atoms with Gasteiger partial charge in [-0.25, -0.2) is 4.79 Å². The van der Waals surface area contributed by atoms with Crippen molar-refractivity contribution in [1.82, 2.24) is 0 Å². The molecule has 2 unspecified atom stereocenters. The highest BCUT2D eigenvalue weighted by molar-refractivity contribution is 7.10. The molecule has 2 rings (SSSR count). The van der Waals surface area contributed by atoms with E-state index in [1.165, 1.54) is 16.9 Å². The molecule has 1 aliphatic rings. The summed E-state index contributed by atoms with van der Waals surface area (Å²) in [5.74, 6) is 1.24. The van der Waals surface area contributed by atoms with E-state index >= 15 is 0 Å². The monoisotopic (exact) mass is 281 g/mol. The number of hydrogen-bond donors (Lipinski definition) is 1. The molecule has 0 aliphatic heterocycles. The van der Waals surface area contributed by atoms with Crippen LogP contribution in [0.25, 0.3) is 0 Å². The summed E-state index contributed by atoms with van der Waals surface area (Å²) in [5.41, 5.74) is 1.79. The number of carbonyl (C=O) groups is 1. The molecule has 1 aromatic heterocycles. The standard InChI is InChI=1S/C15H23NO2S/c1-9-6-10(2)13-11(8-19-12(13)7-9)16-14(17)18-15(3,4)5/h8-10H,6-7H2,1-5H3,(H,16,17). The Balaban J connectivity index is 2.13. The third-order valence-corrected chi connectivity index (χ3v) is 4.35. The first kappa shape index (κ1) is 14.4. The number of nitrogens with one attached hydrogen (secondary N) is 1. The zero-order valence-electron chi connectivity index (χ0n) is 12.4. The van der Waals surface area contributed by atoms with E-state index in [1.807, 2.05) is 26.2 Å². The molecule has 0 fully saturated rings. The molecule has 1 heterocycles. The van der Waals surface area contributed by atoms with Crippen LogP contribution in [0.5, 0.6) is 0 Å². The molecule has 1 aliphatic carbocycles. The highest BCUT2D eigenvalue weighted by atomic mass is 32.1. The van der Waals surface area contributed by atoms with Crippen molar-refractivity contribution in [1.29, 1.82) is 0 Å². The average molecular weight is 281 g/mol. The predicted octanol–water partition coefficient (Wildman–Crippen LogP) is 4.78. The minimum absolute atomic E-state index is 0.362. The summed E-state index contributed by atoms with van der Waals surface area (Å²) in [6, 6.07) is 0. The van der Waals surface area contributed by atoms with E-state index in [1.54, 1.807) is 11.3 Å². The topological polar surface area (TPSA) is 38.3 Å². The molecule has 1 N–H and O–H groups in total. The van der Waals surface area contributed by atoms with Crippen LogP contribution in [0.2, 0.25) is 0 Å². The smallest absolute Gasteiger partial charge is 0.412 e. The van der Waals surface area contributed by atoms with Gasteiger partial charge in [-0.05, 0) is 51.0 Å². The zero-order valence-corrected chi connectivity index (χ0v) is 13.2. The number of fused-ring (bicyclic) bond motifs is 1. The van der Waals surface area contributed by atoms with E-state index in [0.29, 0.717) is 5.92 Å². The second-order valence-electron chi connectivity index (χ2n) is 6.56. The lowest BCUT2D eigenvalue weighted by atomic mass is 9.82. The van der Waals surface area contributed by atoms with Crippen molar-refractivity contribution < 1.29 is 9.53 Å². The van der Waals surface area contributed by atoms with Crippen LogP contribution >= 0.6 is 11.3 Å². The summed E-state index contributed by atoms with van der Waals surface area (Å²) >= 11 is 1.75. The Morgan fingerprint density at radius 2 is 2.11 bits per heavy atom. The van der Waals surface area contributed by atoms with Crippen LogP contribution < -0.4 is 5.32 Å². The molecule has 19 heavy (non-hydrogen) atoms. The van der Waals surface area contributed by atoms with Crippen LogP contribution in [-0.4, -0.2) is 11.7 Å². The fourth-order valence-corrected chi connectivity index (χ4v) is 4.00. The van der Waals surface area contributed by atoms with Gasteiger partial charge in [0.1, 0.15) is 5.60 Å². The molecule has 0 aromatic carbocycles. The maximum Gasteiger partial charge on any atom is 0.412 e. The second kappa shape index (κ2) is 5.16. The van der Waals surface area contributed by atoms with Crippen LogP contribution in [0, 0.1) is 5.92 Å². The molecule has 0 saturated carbocycles. The van der Waals surface area contributed by atoms with Gasteiger partial charge in [-0.3, -0.25) is 5.32 Å². The number of hydrogen-bond acceptors (Lipinski definition) is 3. The molecule has 0 bridgehead atoms. The predicted molar refractivity (Wildman–Crippen MR) is 80.1 cm³/mol. The Hall–Kier alpha value is -1.03. The maximum absolute atomic E-state index is 11.9. The van der Waals surface area contributed by atoms with Crippen molar-refractivity contribution in [3.8, 4) is 0 Å². The summed E-state index contributed by atoms with van der Waals surface area (Å²) in [6.07, 6.45) is 1.95. The van der Waals surface area contributed by atoms with E-state index in [4.69, 9.17) is 4.74 Å². The molecule has 1 aromatic rings. The van der Waals surface area contributed by atoms with Crippen LogP contribution in [-0.2, 0) is 11.2 Å². The first-order chi connectivity index (χ1) is 8.76. The maximum atomic E-state index is 11.9. The Kier molecular flexibility index (Phi) is 3.90. The third kappa shape index (κ3) is 3.50. The van der Waals surface area contributed by atoms with Crippen molar-refractivity contribution >= 4 is 23.1 Å². The van der Waals surface area contributed by atoms with Gasteiger partial charge in [-0.2, -0.15) is 0 Å². The number of thiophene rings is 1.